The zero-order valence-corrected chi connectivity index (χ0v) is 15.8. The van der Waals surface area contributed by atoms with Crippen molar-refractivity contribution in [3.8, 4) is 5.75 Å². The number of rotatable bonds is 5. The number of hydrogen-bond acceptors (Lipinski definition) is 4. The van der Waals surface area contributed by atoms with Crippen LogP contribution in [0.4, 0.5) is 0 Å². The average molecular weight is 386 g/mol. The van der Waals surface area contributed by atoms with E-state index in [9.17, 15) is 0 Å². The molecule has 6 heteroatoms. The average Bonchev–Trinajstić information content (AvgIpc) is 3.21. The maximum absolute atomic E-state index is 7.35. The molecule has 0 unspecified atom stereocenters. The van der Waals surface area contributed by atoms with Gasteiger partial charge in [0.1, 0.15) is 29.6 Å². The van der Waals surface area contributed by atoms with Gasteiger partial charge in [0.15, 0.2) is 0 Å². The summed E-state index contributed by atoms with van der Waals surface area (Å²) in [6.45, 7) is 0.516. The van der Waals surface area contributed by atoms with Crippen LogP contribution in [-0.4, -0.2) is 11.7 Å². The second-order valence-electron chi connectivity index (χ2n) is 6.30. The molecule has 0 aliphatic rings. The molecule has 0 saturated heterocycles. The van der Waals surface area contributed by atoms with Crippen LogP contribution in [0.3, 0.4) is 0 Å². The highest BCUT2D eigenvalue weighted by molar-refractivity contribution is 5.98. The van der Waals surface area contributed by atoms with Crippen LogP contribution in [0.2, 0.25) is 0 Å². The lowest BCUT2D eigenvalue weighted by atomic mass is 10.1. The highest BCUT2D eigenvalue weighted by Gasteiger charge is 2.00. The predicted octanol–water partition coefficient (Wildman–Crippen LogP) is 4.27. The van der Waals surface area contributed by atoms with Crippen molar-refractivity contribution in [2.24, 2.45) is 11.5 Å². The minimum atomic E-state index is 0.0511. The fraction of sp³-hybridized carbons (Fsp3) is 0.0435. The molecule has 0 saturated carbocycles. The number of amidine groups is 2. The molecule has 0 aliphatic heterocycles. The molecule has 6 nitrogen and oxygen atoms in total. The molecule has 29 heavy (non-hydrogen) atoms. The minimum Gasteiger partial charge on any atom is -0.489 e. The first-order valence-corrected chi connectivity index (χ1v) is 8.96. The van der Waals surface area contributed by atoms with Gasteiger partial charge in [0.25, 0.3) is 0 Å². The van der Waals surface area contributed by atoms with E-state index >= 15 is 0 Å². The van der Waals surface area contributed by atoms with Gasteiger partial charge in [-0.1, -0.05) is 42.5 Å². The molecular weight excluding hydrogens is 364 g/mol. The monoisotopic (exact) mass is 386 g/mol. The van der Waals surface area contributed by atoms with Crippen LogP contribution in [0.5, 0.6) is 5.75 Å². The third-order valence-electron chi connectivity index (χ3n) is 4.16. The first-order valence-electron chi connectivity index (χ1n) is 8.96. The van der Waals surface area contributed by atoms with E-state index in [0.717, 1.165) is 27.8 Å². The SMILES string of the molecule is N=C(N)c1ccc2occc2c1.N=C(N)c1cccc(OCc2ccccc2)c1. The first-order chi connectivity index (χ1) is 14.0. The molecule has 0 bridgehead atoms. The van der Waals surface area contributed by atoms with E-state index in [1.54, 1.807) is 24.5 Å². The summed E-state index contributed by atoms with van der Waals surface area (Å²) < 4.78 is 10.8. The minimum absolute atomic E-state index is 0.0511. The van der Waals surface area contributed by atoms with Gasteiger partial charge >= 0.3 is 0 Å². The summed E-state index contributed by atoms with van der Waals surface area (Å²) in [4.78, 5) is 0. The van der Waals surface area contributed by atoms with Gasteiger partial charge in [0.2, 0.25) is 0 Å². The van der Waals surface area contributed by atoms with Crippen LogP contribution in [-0.2, 0) is 6.61 Å². The van der Waals surface area contributed by atoms with Gasteiger partial charge in [-0.3, -0.25) is 10.8 Å². The number of nitrogens with one attached hydrogen (secondary N) is 2. The Morgan fingerprint density at radius 2 is 1.52 bits per heavy atom. The Hall–Kier alpha value is -4.06. The van der Waals surface area contributed by atoms with E-state index in [1.165, 1.54) is 0 Å². The van der Waals surface area contributed by atoms with Crippen molar-refractivity contribution in [3.63, 3.8) is 0 Å². The number of nitrogens with two attached hydrogens (primary N) is 2. The van der Waals surface area contributed by atoms with E-state index in [-0.39, 0.29) is 11.7 Å². The lowest BCUT2D eigenvalue weighted by molar-refractivity contribution is 0.306. The zero-order valence-electron chi connectivity index (χ0n) is 15.8. The van der Waals surface area contributed by atoms with Crippen molar-refractivity contribution in [2.45, 2.75) is 6.61 Å². The molecule has 1 heterocycles. The molecule has 0 aliphatic carbocycles. The molecule has 0 radical (unpaired) electrons. The van der Waals surface area contributed by atoms with Gasteiger partial charge < -0.3 is 20.6 Å². The lowest BCUT2D eigenvalue weighted by Gasteiger charge is -2.07. The van der Waals surface area contributed by atoms with Crippen LogP contribution in [0, 0.1) is 10.8 Å². The third kappa shape index (κ3) is 5.46. The number of fused-ring (bicyclic) bond motifs is 1. The van der Waals surface area contributed by atoms with E-state index < -0.39 is 0 Å². The largest absolute Gasteiger partial charge is 0.489 e. The normalized spacial score (nSPS) is 10.1. The highest BCUT2D eigenvalue weighted by atomic mass is 16.5. The Morgan fingerprint density at radius 1 is 0.793 bits per heavy atom. The molecule has 1 aromatic heterocycles. The van der Waals surface area contributed by atoms with Crippen LogP contribution >= 0.6 is 0 Å². The highest BCUT2D eigenvalue weighted by Crippen LogP contribution is 2.16. The Bertz CT molecular complexity index is 1120. The number of nitrogen functional groups attached to an aromatic ring is 2. The maximum atomic E-state index is 7.35. The number of furan rings is 1. The summed E-state index contributed by atoms with van der Waals surface area (Å²) in [6.07, 6.45) is 1.62. The van der Waals surface area contributed by atoms with Gasteiger partial charge in [-0.2, -0.15) is 0 Å². The second kappa shape index (κ2) is 9.23. The molecule has 146 valence electrons. The summed E-state index contributed by atoms with van der Waals surface area (Å²) in [5, 5.41) is 15.5. The topological polar surface area (TPSA) is 122 Å². The smallest absolute Gasteiger partial charge is 0.133 e. The van der Waals surface area contributed by atoms with Crippen molar-refractivity contribution in [1.82, 2.24) is 0 Å². The maximum Gasteiger partial charge on any atom is 0.133 e. The van der Waals surface area contributed by atoms with Crippen molar-refractivity contribution in [3.05, 3.63) is 102 Å². The lowest BCUT2D eigenvalue weighted by Crippen LogP contribution is -2.10. The Morgan fingerprint density at radius 3 is 2.24 bits per heavy atom. The van der Waals surface area contributed by atoms with Crippen molar-refractivity contribution in [2.75, 3.05) is 0 Å². The molecule has 6 N–H and O–H groups in total. The molecule has 0 amide bonds. The predicted molar refractivity (Wildman–Crippen MR) is 115 cm³/mol. The van der Waals surface area contributed by atoms with Gasteiger partial charge in [0.05, 0.1) is 6.26 Å². The van der Waals surface area contributed by atoms with E-state index in [1.807, 2.05) is 60.7 Å². The molecule has 0 fully saturated rings. The standard InChI is InChI=1S/C14H14N2O.C9H8N2O/c15-14(16)12-7-4-8-13(9-12)17-10-11-5-2-1-3-6-11;10-9(11)7-1-2-8-6(5-7)3-4-12-8/h1-9H,10H2,(H3,15,16);1-5H,(H3,10,11). The van der Waals surface area contributed by atoms with Crippen molar-refractivity contribution >= 4 is 22.6 Å². The van der Waals surface area contributed by atoms with Crippen molar-refractivity contribution in [1.29, 1.82) is 10.8 Å². The Labute approximate surface area is 168 Å². The fourth-order valence-electron chi connectivity index (χ4n) is 2.63. The molecule has 4 rings (SSSR count). The number of hydrogen-bond donors (Lipinski definition) is 4. The quantitative estimate of drug-likeness (QED) is 0.302. The summed E-state index contributed by atoms with van der Waals surface area (Å²) in [5.41, 5.74) is 14.1. The fourth-order valence-corrected chi connectivity index (χ4v) is 2.63. The Balaban J connectivity index is 0.000000176. The summed E-state index contributed by atoms with van der Waals surface area (Å²) >= 11 is 0. The molecular formula is C23H22N4O2. The molecule has 0 atom stereocenters. The van der Waals surface area contributed by atoms with Crippen molar-refractivity contribution < 1.29 is 9.15 Å². The molecule has 0 spiro atoms. The van der Waals surface area contributed by atoms with Gasteiger partial charge in [-0.05, 0) is 42.0 Å². The summed E-state index contributed by atoms with van der Waals surface area (Å²) in [6, 6.07) is 24.5. The Kier molecular flexibility index (Phi) is 6.27. The van der Waals surface area contributed by atoms with Gasteiger partial charge in [-0.15, -0.1) is 0 Å². The van der Waals surface area contributed by atoms with Crippen LogP contribution in [0.25, 0.3) is 11.0 Å². The van der Waals surface area contributed by atoms with E-state index in [4.69, 9.17) is 31.4 Å². The third-order valence-corrected chi connectivity index (χ3v) is 4.16. The van der Waals surface area contributed by atoms with Gasteiger partial charge in [0, 0.05) is 16.5 Å². The zero-order chi connectivity index (χ0) is 20.6. The van der Waals surface area contributed by atoms with Crippen LogP contribution in [0.15, 0.2) is 89.5 Å². The second-order valence-corrected chi connectivity index (χ2v) is 6.30. The summed E-state index contributed by atoms with van der Waals surface area (Å²) in [5.74, 6) is 0.856. The van der Waals surface area contributed by atoms with E-state index in [0.29, 0.717) is 12.2 Å². The number of ether oxygens (including phenoxy) is 1. The first kappa shape index (κ1) is 19.7. The van der Waals surface area contributed by atoms with Crippen LogP contribution in [0.1, 0.15) is 16.7 Å². The molecule has 4 aromatic rings. The van der Waals surface area contributed by atoms with Gasteiger partial charge in [-0.25, -0.2) is 0 Å². The summed E-state index contributed by atoms with van der Waals surface area (Å²) in [7, 11) is 0. The molecule has 3 aromatic carbocycles. The van der Waals surface area contributed by atoms with Crippen LogP contribution < -0.4 is 16.2 Å². The number of benzene rings is 3. The van der Waals surface area contributed by atoms with E-state index in [2.05, 4.69) is 0 Å².